The number of benzene rings is 1. The van der Waals surface area contributed by atoms with Crippen molar-refractivity contribution in [1.29, 1.82) is 0 Å². The van der Waals surface area contributed by atoms with E-state index in [2.05, 4.69) is 10.1 Å². The molecule has 0 spiro atoms. The van der Waals surface area contributed by atoms with E-state index in [0.717, 1.165) is 50.2 Å². The van der Waals surface area contributed by atoms with Gasteiger partial charge in [0.25, 0.3) is 5.91 Å². The summed E-state index contributed by atoms with van der Waals surface area (Å²) in [5.74, 6) is 1.15. The summed E-state index contributed by atoms with van der Waals surface area (Å²) in [6.07, 6.45) is 4.42. The molecule has 1 saturated carbocycles. The molecule has 1 aliphatic carbocycles. The summed E-state index contributed by atoms with van der Waals surface area (Å²) < 4.78 is 1.94. The molecule has 0 atom stereocenters. The Morgan fingerprint density at radius 1 is 1.10 bits per heavy atom. The average Bonchev–Trinajstić information content (AvgIpc) is 3.06. The van der Waals surface area contributed by atoms with Gasteiger partial charge in [0.15, 0.2) is 5.82 Å². The van der Waals surface area contributed by atoms with Crippen LogP contribution in [0.3, 0.4) is 0 Å². The number of nitrogens with zero attached hydrogens (tertiary/aromatic N) is 4. The van der Waals surface area contributed by atoms with Gasteiger partial charge in [-0.2, -0.15) is 0 Å². The largest absolute Gasteiger partial charge is 0.336 e. The Kier molecular flexibility index (Phi) is 2.98. The van der Waals surface area contributed by atoms with Gasteiger partial charge in [0.05, 0.1) is 6.04 Å². The normalized spacial score (nSPS) is 18.2. The van der Waals surface area contributed by atoms with Crippen LogP contribution < -0.4 is 0 Å². The molecule has 2 fully saturated rings. The Morgan fingerprint density at radius 3 is 2.48 bits per heavy atom. The summed E-state index contributed by atoms with van der Waals surface area (Å²) in [7, 11) is 0. The highest BCUT2D eigenvalue weighted by atomic mass is 16.2. The number of hydrogen-bond donors (Lipinski definition) is 0. The molecule has 4 rings (SSSR count). The second kappa shape index (κ2) is 4.98. The van der Waals surface area contributed by atoms with Crippen molar-refractivity contribution >= 4 is 5.91 Å². The number of hydrogen-bond acceptors (Lipinski definition) is 3. The van der Waals surface area contributed by atoms with E-state index in [1.165, 1.54) is 0 Å². The lowest BCUT2D eigenvalue weighted by molar-refractivity contribution is 0.0780. The van der Waals surface area contributed by atoms with E-state index in [1.807, 2.05) is 39.9 Å². The first-order valence-electron chi connectivity index (χ1n) is 7.64. The Balaban J connectivity index is 1.71. The van der Waals surface area contributed by atoms with Gasteiger partial charge in [-0.1, -0.05) is 30.3 Å². The molecular weight excluding hydrogens is 264 g/mol. The van der Waals surface area contributed by atoms with Crippen molar-refractivity contribution in [3.63, 3.8) is 0 Å². The minimum atomic E-state index is -0.0240. The molecule has 108 valence electrons. The molecule has 1 amide bonds. The lowest BCUT2D eigenvalue weighted by atomic mass is 10.2. The maximum atomic E-state index is 12.5. The SMILES string of the molecule is O=C(c1nc(-c2ccccc2)n(C2CC2)n1)N1CCCC1. The lowest BCUT2D eigenvalue weighted by Gasteiger charge is -2.11. The van der Waals surface area contributed by atoms with Crippen molar-refractivity contribution in [2.24, 2.45) is 0 Å². The van der Waals surface area contributed by atoms with E-state index in [-0.39, 0.29) is 5.91 Å². The van der Waals surface area contributed by atoms with E-state index < -0.39 is 0 Å². The number of likely N-dealkylation sites (tertiary alicyclic amines) is 1. The summed E-state index contributed by atoms with van der Waals surface area (Å²) in [5.41, 5.74) is 1.03. The third-order valence-corrected chi connectivity index (χ3v) is 4.14. The second-order valence-corrected chi connectivity index (χ2v) is 5.80. The van der Waals surface area contributed by atoms with Crippen molar-refractivity contribution in [3.8, 4) is 11.4 Å². The van der Waals surface area contributed by atoms with Crippen molar-refractivity contribution < 1.29 is 4.79 Å². The molecule has 5 heteroatoms. The summed E-state index contributed by atoms with van der Waals surface area (Å²) in [5, 5.41) is 4.51. The van der Waals surface area contributed by atoms with Gasteiger partial charge in [-0.3, -0.25) is 4.79 Å². The maximum Gasteiger partial charge on any atom is 0.293 e. The molecule has 0 unspecified atom stereocenters. The van der Waals surface area contributed by atoms with E-state index in [4.69, 9.17) is 0 Å². The molecule has 0 bridgehead atoms. The quantitative estimate of drug-likeness (QED) is 0.869. The Morgan fingerprint density at radius 2 is 1.81 bits per heavy atom. The fourth-order valence-corrected chi connectivity index (χ4v) is 2.83. The summed E-state index contributed by atoms with van der Waals surface area (Å²) in [6.45, 7) is 1.66. The van der Waals surface area contributed by atoms with Gasteiger partial charge in [-0.15, -0.1) is 5.10 Å². The first-order chi connectivity index (χ1) is 10.3. The number of amides is 1. The maximum absolute atomic E-state index is 12.5. The number of rotatable bonds is 3. The smallest absolute Gasteiger partial charge is 0.293 e. The Bertz CT molecular complexity index is 654. The topological polar surface area (TPSA) is 51.0 Å². The molecule has 21 heavy (non-hydrogen) atoms. The highest BCUT2D eigenvalue weighted by Gasteiger charge is 2.31. The van der Waals surface area contributed by atoms with E-state index >= 15 is 0 Å². The zero-order chi connectivity index (χ0) is 14.2. The average molecular weight is 282 g/mol. The first kappa shape index (κ1) is 12.6. The minimum absolute atomic E-state index is 0.0240. The predicted molar refractivity (Wildman–Crippen MR) is 78.9 cm³/mol. The standard InChI is InChI=1S/C16H18N4O/c21-16(19-10-4-5-11-19)14-17-15(12-6-2-1-3-7-12)20(18-14)13-8-9-13/h1-3,6-7,13H,4-5,8-11H2. The highest BCUT2D eigenvalue weighted by molar-refractivity contribution is 5.91. The zero-order valence-corrected chi connectivity index (χ0v) is 11.9. The molecule has 2 aliphatic rings. The van der Waals surface area contributed by atoms with Crippen LogP contribution >= 0.6 is 0 Å². The molecule has 2 heterocycles. The van der Waals surface area contributed by atoms with Crippen LogP contribution in [0.2, 0.25) is 0 Å². The van der Waals surface area contributed by atoms with Gasteiger partial charge in [0, 0.05) is 18.7 Å². The Labute approximate surface area is 123 Å². The molecule has 1 aromatic heterocycles. The van der Waals surface area contributed by atoms with E-state index in [0.29, 0.717) is 11.9 Å². The van der Waals surface area contributed by atoms with Gasteiger partial charge in [-0.05, 0) is 25.7 Å². The van der Waals surface area contributed by atoms with Crippen LogP contribution in [0.4, 0.5) is 0 Å². The fraction of sp³-hybridized carbons (Fsp3) is 0.438. The van der Waals surface area contributed by atoms with Crippen molar-refractivity contribution in [3.05, 3.63) is 36.2 Å². The number of carbonyl (C=O) groups excluding carboxylic acids is 1. The van der Waals surface area contributed by atoms with Crippen molar-refractivity contribution in [2.75, 3.05) is 13.1 Å². The van der Waals surface area contributed by atoms with Gasteiger partial charge in [-0.25, -0.2) is 9.67 Å². The minimum Gasteiger partial charge on any atom is -0.336 e. The molecule has 5 nitrogen and oxygen atoms in total. The van der Waals surface area contributed by atoms with Gasteiger partial charge in [0.2, 0.25) is 5.82 Å². The second-order valence-electron chi connectivity index (χ2n) is 5.80. The van der Waals surface area contributed by atoms with Gasteiger partial charge >= 0.3 is 0 Å². The first-order valence-corrected chi connectivity index (χ1v) is 7.64. The molecule has 1 aromatic carbocycles. The highest BCUT2D eigenvalue weighted by Crippen LogP contribution is 2.37. The monoisotopic (exact) mass is 282 g/mol. The Hall–Kier alpha value is -2.17. The lowest BCUT2D eigenvalue weighted by Crippen LogP contribution is -2.28. The number of carbonyl (C=O) groups is 1. The van der Waals surface area contributed by atoms with Crippen molar-refractivity contribution in [2.45, 2.75) is 31.7 Å². The molecule has 1 aliphatic heterocycles. The van der Waals surface area contributed by atoms with Crippen molar-refractivity contribution in [1.82, 2.24) is 19.7 Å². The van der Waals surface area contributed by atoms with Crippen LogP contribution in [-0.4, -0.2) is 38.7 Å². The van der Waals surface area contributed by atoms with Crippen LogP contribution in [0.1, 0.15) is 42.3 Å². The van der Waals surface area contributed by atoms with Gasteiger partial charge < -0.3 is 4.90 Å². The van der Waals surface area contributed by atoms with Crippen LogP contribution in [-0.2, 0) is 0 Å². The fourth-order valence-electron chi connectivity index (χ4n) is 2.83. The summed E-state index contributed by atoms with van der Waals surface area (Å²) in [4.78, 5) is 18.9. The van der Waals surface area contributed by atoms with Crippen LogP contribution in [0, 0.1) is 0 Å². The van der Waals surface area contributed by atoms with Gasteiger partial charge in [0.1, 0.15) is 0 Å². The molecule has 0 radical (unpaired) electrons. The third-order valence-electron chi connectivity index (χ3n) is 4.14. The number of aromatic nitrogens is 3. The molecule has 1 saturated heterocycles. The molecule has 2 aromatic rings. The van der Waals surface area contributed by atoms with Crippen LogP contribution in [0.25, 0.3) is 11.4 Å². The van der Waals surface area contributed by atoms with Crippen LogP contribution in [0.15, 0.2) is 30.3 Å². The van der Waals surface area contributed by atoms with Crippen LogP contribution in [0.5, 0.6) is 0 Å². The summed E-state index contributed by atoms with van der Waals surface area (Å²) in [6, 6.07) is 10.4. The summed E-state index contributed by atoms with van der Waals surface area (Å²) >= 11 is 0. The zero-order valence-electron chi connectivity index (χ0n) is 11.9. The molecular formula is C16H18N4O. The third kappa shape index (κ3) is 2.33. The predicted octanol–water partition coefficient (Wildman–Crippen LogP) is 2.52. The van der Waals surface area contributed by atoms with E-state index in [9.17, 15) is 4.79 Å². The van der Waals surface area contributed by atoms with E-state index in [1.54, 1.807) is 0 Å². The molecule has 0 N–H and O–H groups in total.